The molecule has 1 amide bonds. The van der Waals surface area contributed by atoms with Gasteiger partial charge in [0.05, 0.1) is 33.7 Å². The van der Waals surface area contributed by atoms with Crippen LogP contribution in [0.25, 0.3) is 0 Å². The van der Waals surface area contributed by atoms with Gasteiger partial charge in [-0.15, -0.1) is 0 Å². The first-order valence-electron chi connectivity index (χ1n) is 11.3. The molecule has 0 spiro atoms. The minimum Gasteiger partial charge on any atom is -0.489 e. The molecular formula is C28H27Cl2N3O2. The van der Waals surface area contributed by atoms with E-state index in [0.717, 1.165) is 39.4 Å². The number of anilines is 1. The molecule has 0 atom stereocenters. The van der Waals surface area contributed by atoms with E-state index in [4.69, 9.17) is 27.9 Å². The number of hydrogen-bond acceptors (Lipinski definition) is 3. The minimum absolute atomic E-state index is 0.195. The predicted molar refractivity (Wildman–Crippen MR) is 142 cm³/mol. The summed E-state index contributed by atoms with van der Waals surface area (Å²) in [5.41, 5.74) is 6.97. The number of nitrogens with one attached hydrogen (secondary N) is 1. The fourth-order valence-corrected chi connectivity index (χ4v) is 4.18. The number of ether oxygens (including phenoxy) is 1. The average Bonchev–Trinajstić information content (AvgIpc) is 3.09. The van der Waals surface area contributed by atoms with Crippen LogP contribution in [-0.2, 0) is 13.2 Å². The third kappa shape index (κ3) is 5.87. The highest BCUT2D eigenvalue weighted by atomic mass is 35.5. The number of benzene rings is 3. The van der Waals surface area contributed by atoms with Crippen molar-refractivity contribution in [2.75, 3.05) is 5.32 Å². The van der Waals surface area contributed by atoms with Gasteiger partial charge in [0.15, 0.2) is 0 Å². The Morgan fingerprint density at radius 2 is 1.74 bits per heavy atom. The van der Waals surface area contributed by atoms with Crippen LogP contribution in [0, 0.1) is 27.7 Å². The molecule has 0 aliphatic carbocycles. The Morgan fingerprint density at radius 1 is 0.943 bits per heavy atom. The van der Waals surface area contributed by atoms with Crippen LogP contribution in [-0.4, -0.2) is 15.7 Å². The Bertz CT molecular complexity index is 1400. The standard InChI is InChI=1S/C28H27Cl2N3O2/c1-17-8-9-18(2)26(12-17)35-16-22-6-5-7-23(13-22)28(34)31-27-19(3)32-33(20(27)4)15-21-10-11-24(29)25(30)14-21/h5-14H,15-16H2,1-4H3,(H,31,34). The molecule has 7 heteroatoms. The molecule has 0 saturated heterocycles. The molecule has 0 aliphatic heterocycles. The van der Waals surface area contributed by atoms with Gasteiger partial charge in [0.2, 0.25) is 0 Å². The van der Waals surface area contributed by atoms with Crippen molar-refractivity contribution in [2.24, 2.45) is 0 Å². The second-order valence-corrected chi connectivity index (χ2v) is 9.48. The quantitative estimate of drug-likeness (QED) is 0.285. The minimum atomic E-state index is -0.195. The van der Waals surface area contributed by atoms with Gasteiger partial charge in [-0.25, -0.2) is 0 Å². The first kappa shape index (κ1) is 24.8. The number of carbonyl (C=O) groups excluding carboxylic acids is 1. The SMILES string of the molecule is Cc1ccc(C)c(OCc2cccc(C(=O)Nc3c(C)nn(Cc4ccc(Cl)c(Cl)c4)c3C)c2)c1. The summed E-state index contributed by atoms with van der Waals surface area (Å²) in [5.74, 6) is 0.652. The highest BCUT2D eigenvalue weighted by molar-refractivity contribution is 6.42. The zero-order valence-corrected chi connectivity index (χ0v) is 21.7. The lowest BCUT2D eigenvalue weighted by Gasteiger charge is -2.11. The van der Waals surface area contributed by atoms with Crippen LogP contribution < -0.4 is 10.1 Å². The topological polar surface area (TPSA) is 56.1 Å². The van der Waals surface area contributed by atoms with Gasteiger partial charge in [0.25, 0.3) is 5.91 Å². The number of hydrogen-bond donors (Lipinski definition) is 1. The van der Waals surface area contributed by atoms with Gasteiger partial charge in [-0.05, 0) is 80.3 Å². The largest absolute Gasteiger partial charge is 0.489 e. The van der Waals surface area contributed by atoms with Gasteiger partial charge in [0, 0.05) is 5.56 Å². The summed E-state index contributed by atoms with van der Waals surface area (Å²) in [6.07, 6.45) is 0. The number of nitrogens with zero attached hydrogens (tertiary/aromatic N) is 2. The third-order valence-corrected chi connectivity index (χ3v) is 6.60. The van der Waals surface area contributed by atoms with Gasteiger partial charge < -0.3 is 10.1 Å². The van der Waals surface area contributed by atoms with Crippen molar-refractivity contribution in [3.8, 4) is 5.75 Å². The molecule has 0 fully saturated rings. The highest BCUT2D eigenvalue weighted by Crippen LogP contribution is 2.26. The first-order valence-corrected chi connectivity index (χ1v) is 12.0. The van der Waals surface area contributed by atoms with E-state index in [9.17, 15) is 4.79 Å². The van der Waals surface area contributed by atoms with Crippen molar-refractivity contribution >= 4 is 34.8 Å². The summed E-state index contributed by atoms with van der Waals surface area (Å²) in [5, 5.41) is 8.65. The van der Waals surface area contributed by atoms with Crippen LogP contribution in [0.1, 0.15) is 44.0 Å². The van der Waals surface area contributed by atoms with Gasteiger partial charge in [-0.3, -0.25) is 9.48 Å². The number of amides is 1. The highest BCUT2D eigenvalue weighted by Gasteiger charge is 2.16. The van der Waals surface area contributed by atoms with Crippen molar-refractivity contribution in [3.63, 3.8) is 0 Å². The molecule has 3 aromatic carbocycles. The van der Waals surface area contributed by atoms with E-state index in [1.807, 2.05) is 74.8 Å². The molecule has 0 radical (unpaired) electrons. The molecule has 1 aromatic heterocycles. The molecule has 0 bridgehead atoms. The first-order chi connectivity index (χ1) is 16.7. The molecule has 180 valence electrons. The van der Waals surface area contributed by atoms with E-state index >= 15 is 0 Å². The summed E-state index contributed by atoms with van der Waals surface area (Å²) < 4.78 is 7.85. The maximum atomic E-state index is 13.1. The van der Waals surface area contributed by atoms with Crippen LogP contribution in [0.3, 0.4) is 0 Å². The van der Waals surface area contributed by atoms with Crippen LogP contribution in [0.5, 0.6) is 5.75 Å². The average molecular weight is 508 g/mol. The Labute approximate surface area is 215 Å². The molecule has 5 nitrogen and oxygen atoms in total. The third-order valence-electron chi connectivity index (χ3n) is 5.86. The van der Waals surface area contributed by atoms with Gasteiger partial charge in [-0.1, -0.05) is 53.5 Å². The molecule has 4 rings (SSSR count). The molecule has 35 heavy (non-hydrogen) atoms. The van der Waals surface area contributed by atoms with Crippen molar-refractivity contribution in [2.45, 2.75) is 40.8 Å². The maximum Gasteiger partial charge on any atom is 0.255 e. The zero-order valence-electron chi connectivity index (χ0n) is 20.2. The van der Waals surface area contributed by atoms with E-state index in [2.05, 4.69) is 16.5 Å². The maximum absolute atomic E-state index is 13.1. The van der Waals surface area contributed by atoms with Crippen LogP contribution in [0.15, 0.2) is 60.7 Å². The molecule has 1 heterocycles. The second kappa shape index (κ2) is 10.5. The van der Waals surface area contributed by atoms with Crippen molar-refractivity contribution in [1.82, 2.24) is 9.78 Å². The number of carbonyl (C=O) groups is 1. The Hall–Kier alpha value is -3.28. The molecule has 0 saturated carbocycles. The second-order valence-electron chi connectivity index (χ2n) is 8.66. The number of rotatable bonds is 7. The van der Waals surface area contributed by atoms with E-state index < -0.39 is 0 Å². The number of halogens is 2. The fourth-order valence-electron chi connectivity index (χ4n) is 3.85. The van der Waals surface area contributed by atoms with Gasteiger partial charge >= 0.3 is 0 Å². The summed E-state index contributed by atoms with van der Waals surface area (Å²) in [4.78, 5) is 13.1. The van der Waals surface area contributed by atoms with Crippen LogP contribution >= 0.6 is 23.2 Å². The van der Waals surface area contributed by atoms with E-state index in [1.54, 1.807) is 12.1 Å². The molecule has 0 aliphatic rings. The number of aryl methyl sites for hydroxylation is 3. The van der Waals surface area contributed by atoms with E-state index in [1.165, 1.54) is 0 Å². The summed E-state index contributed by atoms with van der Waals surface area (Å²) in [6, 6.07) is 19.1. The monoisotopic (exact) mass is 507 g/mol. The summed E-state index contributed by atoms with van der Waals surface area (Å²) >= 11 is 12.2. The van der Waals surface area contributed by atoms with Gasteiger partial charge in [0.1, 0.15) is 12.4 Å². The van der Waals surface area contributed by atoms with E-state index in [-0.39, 0.29) is 5.91 Å². The summed E-state index contributed by atoms with van der Waals surface area (Å²) in [7, 11) is 0. The smallest absolute Gasteiger partial charge is 0.255 e. The molecule has 0 unspecified atom stereocenters. The van der Waals surface area contributed by atoms with Gasteiger partial charge in [-0.2, -0.15) is 5.10 Å². The molecular weight excluding hydrogens is 481 g/mol. The van der Waals surface area contributed by atoms with Crippen LogP contribution in [0.2, 0.25) is 10.0 Å². The summed E-state index contributed by atoms with van der Waals surface area (Å²) in [6.45, 7) is 8.76. The van der Waals surface area contributed by atoms with Crippen molar-refractivity contribution in [3.05, 3.63) is 110 Å². The van der Waals surface area contributed by atoms with Crippen molar-refractivity contribution in [1.29, 1.82) is 0 Å². The lowest BCUT2D eigenvalue weighted by molar-refractivity contribution is 0.102. The number of aromatic nitrogens is 2. The normalized spacial score (nSPS) is 10.9. The van der Waals surface area contributed by atoms with Crippen molar-refractivity contribution < 1.29 is 9.53 Å². The predicted octanol–water partition coefficient (Wildman–Crippen LogP) is 7.30. The molecule has 1 N–H and O–H groups in total. The van der Waals surface area contributed by atoms with Crippen LogP contribution in [0.4, 0.5) is 5.69 Å². The fraction of sp³-hybridized carbons (Fsp3) is 0.214. The zero-order chi connectivity index (χ0) is 25.1. The molecule has 4 aromatic rings. The lowest BCUT2D eigenvalue weighted by atomic mass is 10.1. The Kier molecular flexibility index (Phi) is 7.48. The Morgan fingerprint density at radius 3 is 2.51 bits per heavy atom. The van der Waals surface area contributed by atoms with E-state index in [0.29, 0.717) is 34.4 Å². The lowest BCUT2D eigenvalue weighted by Crippen LogP contribution is -2.14. The Balaban J connectivity index is 1.47.